The van der Waals surface area contributed by atoms with Gasteiger partial charge in [0.1, 0.15) is 0 Å². The fraction of sp³-hybridized carbons (Fsp3) is 1.00. The van der Waals surface area contributed by atoms with E-state index < -0.39 is 8.07 Å². The number of hydrogen-bond donors (Lipinski definition) is 1. The minimum Gasteiger partial charge on any atom is -0.314 e. The summed E-state index contributed by atoms with van der Waals surface area (Å²) >= 11 is 0. The van der Waals surface area contributed by atoms with Crippen molar-refractivity contribution in [2.45, 2.75) is 57.9 Å². The average Bonchev–Trinajstić information content (AvgIpc) is 2.78. The van der Waals surface area contributed by atoms with Crippen molar-refractivity contribution in [1.82, 2.24) is 5.32 Å². The van der Waals surface area contributed by atoms with Crippen molar-refractivity contribution < 1.29 is 0 Å². The zero-order valence-electron chi connectivity index (χ0n) is 9.69. The summed E-state index contributed by atoms with van der Waals surface area (Å²) in [7, 11) is -0.833. The Morgan fingerprint density at radius 1 is 1.31 bits per heavy atom. The summed E-state index contributed by atoms with van der Waals surface area (Å²) in [5.74, 6) is 0.937. The molecule has 0 aromatic rings. The molecular formula is C11H25NSi. The van der Waals surface area contributed by atoms with Crippen LogP contribution >= 0.6 is 0 Å². The zero-order valence-corrected chi connectivity index (χ0v) is 10.7. The lowest BCUT2D eigenvalue weighted by Gasteiger charge is -2.23. The first-order valence-electron chi connectivity index (χ1n) is 5.74. The monoisotopic (exact) mass is 199 g/mol. The first-order chi connectivity index (χ1) is 6.01. The lowest BCUT2D eigenvalue weighted by atomic mass is 10.1. The molecule has 1 aliphatic rings. The molecule has 0 aromatic carbocycles. The van der Waals surface area contributed by atoms with E-state index in [0.29, 0.717) is 0 Å². The van der Waals surface area contributed by atoms with Crippen molar-refractivity contribution in [2.75, 3.05) is 6.54 Å². The summed E-state index contributed by atoms with van der Waals surface area (Å²) in [6.07, 6.45) is 4.19. The molecule has 0 saturated heterocycles. The van der Waals surface area contributed by atoms with Gasteiger partial charge < -0.3 is 5.32 Å². The van der Waals surface area contributed by atoms with Crippen LogP contribution in [0.2, 0.25) is 25.7 Å². The fourth-order valence-electron chi connectivity index (χ4n) is 1.85. The third kappa shape index (κ3) is 5.48. The van der Waals surface area contributed by atoms with E-state index in [1.165, 1.54) is 31.9 Å². The molecule has 0 radical (unpaired) electrons. The molecule has 0 bridgehead atoms. The predicted molar refractivity (Wildman–Crippen MR) is 63.0 cm³/mol. The van der Waals surface area contributed by atoms with Gasteiger partial charge in [-0.3, -0.25) is 0 Å². The summed E-state index contributed by atoms with van der Waals surface area (Å²) in [5.41, 5.74) is 0. The second-order valence-electron chi connectivity index (χ2n) is 5.72. The van der Waals surface area contributed by atoms with Crippen LogP contribution in [0.4, 0.5) is 0 Å². The molecular weight excluding hydrogens is 174 g/mol. The smallest absolute Gasteiger partial charge is 0.0445 e. The number of rotatable bonds is 6. The number of hydrogen-bond acceptors (Lipinski definition) is 1. The predicted octanol–water partition coefficient (Wildman–Crippen LogP) is 3.10. The van der Waals surface area contributed by atoms with E-state index in [9.17, 15) is 0 Å². The highest BCUT2D eigenvalue weighted by Crippen LogP contribution is 2.22. The minimum absolute atomic E-state index is 0.833. The van der Waals surface area contributed by atoms with Crippen LogP contribution < -0.4 is 5.32 Å². The molecule has 1 rings (SSSR count). The van der Waals surface area contributed by atoms with Crippen LogP contribution in [-0.2, 0) is 0 Å². The highest BCUT2D eigenvalue weighted by Gasteiger charge is 2.23. The Hall–Kier alpha value is 0.177. The van der Waals surface area contributed by atoms with E-state index in [4.69, 9.17) is 0 Å². The molecule has 1 unspecified atom stereocenters. The molecule has 0 spiro atoms. The molecule has 0 aliphatic heterocycles. The quantitative estimate of drug-likeness (QED) is 0.648. The standard InChI is InChI=1S/C11H25NSi/c1-5-10(9-13(2,3)4)8-12-11-6-7-11/h10-12H,5-9H2,1-4H3. The third-order valence-corrected chi connectivity index (χ3v) is 4.55. The Kier molecular flexibility index (Phi) is 3.99. The second kappa shape index (κ2) is 4.60. The maximum Gasteiger partial charge on any atom is 0.0445 e. The van der Waals surface area contributed by atoms with E-state index in [2.05, 4.69) is 31.9 Å². The van der Waals surface area contributed by atoms with Crippen LogP contribution in [-0.4, -0.2) is 20.7 Å². The van der Waals surface area contributed by atoms with Gasteiger partial charge in [0.05, 0.1) is 0 Å². The van der Waals surface area contributed by atoms with Gasteiger partial charge in [0.2, 0.25) is 0 Å². The Balaban J connectivity index is 2.16. The summed E-state index contributed by atoms with van der Waals surface area (Å²) < 4.78 is 0. The Labute approximate surface area is 84.3 Å². The summed E-state index contributed by atoms with van der Waals surface area (Å²) in [5, 5.41) is 3.65. The van der Waals surface area contributed by atoms with Crippen LogP contribution in [0.25, 0.3) is 0 Å². The molecule has 0 aromatic heterocycles. The van der Waals surface area contributed by atoms with Crippen molar-refractivity contribution in [3.05, 3.63) is 0 Å². The largest absolute Gasteiger partial charge is 0.314 e. The van der Waals surface area contributed by atoms with E-state index in [0.717, 1.165) is 12.0 Å². The van der Waals surface area contributed by atoms with Crippen LogP contribution in [0.1, 0.15) is 26.2 Å². The minimum atomic E-state index is -0.833. The molecule has 1 fully saturated rings. The normalized spacial score (nSPS) is 20.3. The van der Waals surface area contributed by atoms with E-state index in [1.54, 1.807) is 0 Å². The third-order valence-electron chi connectivity index (χ3n) is 2.75. The molecule has 13 heavy (non-hydrogen) atoms. The maximum atomic E-state index is 3.65. The Morgan fingerprint density at radius 2 is 1.92 bits per heavy atom. The average molecular weight is 199 g/mol. The van der Waals surface area contributed by atoms with Crippen molar-refractivity contribution in [2.24, 2.45) is 5.92 Å². The van der Waals surface area contributed by atoms with E-state index >= 15 is 0 Å². The fourth-order valence-corrected chi connectivity index (χ4v) is 4.01. The summed E-state index contributed by atoms with van der Waals surface area (Å²) in [4.78, 5) is 0. The molecule has 1 saturated carbocycles. The lowest BCUT2D eigenvalue weighted by Crippen LogP contribution is -2.31. The molecule has 1 aliphatic carbocycles. The van der Waals surface area contributed by atoms with Gasteiger partial charge in [-0.05, 0) is 25.3 Å². The van der Waals surface area contributed by atoms with E-state index in [1.807, 2.05) is 0 Å². The van der Waals surface area contributed by atoms with Crippen molar-refractivity contribution >= 4 is 8.07 Å². The topological polar surface area (TPSA) is 12.0 Å². The van der Waals surface area contributed by atoms with Crippen molar-refractivity contribution in [3.8, 4) is 0 Å². The van der Waals surface area contributed by atoms with Crippen molar-refractivity contribution in [1.29, 1.82) is 0 Å². The van der Waals surface area contributed by atoms with Gasteiger partial charge in [0.15, 0.2) is 0 Å². The van der Waals surface area contributed by atoms with Gasteiger partial charge in [-0.25, -0.2) is 0 Å². The van der Waals surface area contributed by atoms with Crippen LogP contribution in [0.5, 0.6) is 0 Å². The maximum absolute atomic E-state index is 3.65. The van der Waals surface area contributed by atoms with Crippen LogP contribution in [0.3, 0.4) is 0 Å². The zero-order chi connectivity index (χ0) is 9.90. The van der Waals surface area contributed by atoms with Gasteiger partial charge in [-0.1, -0.05) is 39.0 Å². The highest BCUT2D eigenvalue weighted by molar-refractivity contribution is 6.76. The molecule has 0 heterocycles. The molecule has 0 amide bonds. The van der Waals surface area contributed by atoms with Crippen LogP contribution in [0.15, 0.2) is 0 Å². The molecule has 1 atom stereocenters. The highest BCUT2D eigenvalue weighted by atomic mass is 28.3. The SMILES string of the molecule is CCC(CNC1CC1)C[Si](C)(C)C. The first-order valence-corrected chi connectivity index (χ1v) is 9.45. The molecule has 1 N–H and O–H groups in total. The molecule has 2 heteroatoms. The lowest BCUT2D eigenvalue weighted by molar-refractivity contribution is 0.493. The summed E-state index contributed by atoms with van der Waals surface area (Å²) in [6, 6.07) is 2.37. The second-order valence-corrected chi connectivity index (χ2v) is 11.3. The van der Waals surface area contributed by atoms with Gasteiger partial charge in [0, 0.05) is 14.1 Å². The summed E-state index contributed by atoms with van der Waals surface area (Å²) in [6.45, 7) is 11.0. The van der Waals surface area contributed by atoms with Crippen molar-refractivity contribution in [3.63, 3.8) is 0 Å². The van der Waals surface area contributed by atoms with E-state index in [-0.39, 0.29) is 0 Å². The Bertz CT molecular complexity index is 147. The van der Waals surface area contributed by atoms with Gasteiger partial charge in [-0.2, -0.15) is 0 Å². The Morgan fingerprint density at radius 3 is 2.31 bits per heavy atom. The van der Waals surface area contributed by atoms with Crippen LogP contribution in [0, 0.1) is 5.92 Å². The molecule has 1 nitrogen and oxygen atoms in total. The number of nitrogens with one attached hydrogen (secondary N) is 1. The van der Waals surface area contributed by atoms with Gasteiger partial charge in [-0.15, -0.1) is 0 Å². The molecule has 78 valence electrons. The van der Waals surface area contributed by atoms with Gasteiger partial charge >= 0.3 is 0 Å². The van der Waals surface area contributed by atoms with Gasteiger partial charge in [0.25, 0.3) is 0 Å². The first kappa shape index (κ1) is 11.3.